The molecule has 0 aliphatic heterocycles. The van der Waals surface area contributed by atoms with Crippen molar-refractivity contribution in [2.24, 2.45) is 0 Å². The van der Waals surface area contributed by atoms with E-state index in [-0.39, 0.29) is 0 Å². The van der Waals surface area contributed by atoms with E-state index in [1.165, 1.54) is 0 Å². The van der Waals surface area contributed by atoms with Gasteiger partial charge in [0.15, 0.2) is 0 Å². The van der Waals surface area contributed by atoms with E-state index >= 15 is 0 Å². The summed E-state index contributed by atoms with van der Waals surface area (Å²) in [6.07, 6.45) is 1.15. The van der Waals surface area contributed by atoms with Crippen LogP contribution in [0.5, 0.6) is 0 Å². The topological polar surface area (TPSA) is 83.5 Å². The lowest BCUT2D eigenvalue weighted by Gasteiger charge is -2.18. The summed E-state index contributed by atoms with van der Waals surface area (Å²) in [5.41, 5.74) is 0.429. The van der Waals surface area contributed by atoms with Crippen molar-refractivity contribution in [3.05, 3.63) is 35.9 Å². The van der Waals surface area contributed by atoms with Crippen molar-refractivity contribution in [1.29, 1.82) is 0 Å². The van der Waals surface area contributed by atoms with Crippen LogP contribution in [0.2, 0.25) is 0 Å². The number of sulfonamides is 1. The largest absolute Gasteiger partial charge is 0.480 e. The Bertz CT molecular complexity index is 549. The van der Waals surface area contributed by atoms with Crippen molar-refractivity contribution in [1.82, 2.24) is 4.72 Å². The van der Waals surface area contributed by atoms with Gasteiger partial charge in [0.05, 0.1) is 4.75 Å². The lowest BCUT2D eigenvalue weighted by molar-refractivity contribution is -0.139. The van der Waals surface area contributed by atoms with Gasteiger partial charge in [0.2, 0.25) is 10.0 Å². The number of carbonyl (C=O) groups is 1. The summed E-state index contributed by atoms with van der Waals surface area (Å²) < 4.78 is 25.5. The highest BCUT2D eigenvalue weighted by Crippen LogP contribution is 2.42. The minimum absolute atomic E-state index is 0.429. The summed E-state index contributed by atoms with van der Waals surface area (Å²) in [4.78, 5) is 11.2. The van der Waals surface area contributed by atoms with Gasteiger partial charge in [-0.25, -0.2) is 8.42 Å². The number of benzene rings is 1. The van der Waals surface area contributed by atoms with Crippen LogP contribution < -0.4 is 4.72 Å². The number of aliphatic carboxylic acids is 1. The van der Waals surface area contributed by atoms with Crippen molar-refractivity contribution in [3.63, 3.8) is 0 Å². The standard InChI is InChI=1S/C12H15NO4S/c1-12(7-8-12)18(16,17)13-10(11(14)15)9-5-3-2-4-6-9/h2-6,10,13H,7-8H2,1H3,(H,14,15)/t10-/m1/s1. The van der Waals surface area contributed by atoms with Gasteiger partial charge in [-0.2, -0.15) is 4.72 Å². The average molecular weight is 269 g/mol. The molecule has 0 saturated heterocycles. The molecule has 1 aliphatic rings. The van der Waals surface area contributed by atoms with E-state index < -0.39 is 26.8 Å². The second kappa shape index (κ2) is 4.37. The van der Waals surface area contributed by atoms with Crippen molar-refractivity contribution < 1.29 is 18.3 Å². The van der Waals surface area contributed by atoms with E-state index in [0.717, 1.165) is 0 Å². The highest BCUT2D eigenvalue weighted by molar-refractivity contribution is 7.91. The van der Waals surface area contributed by atoms with Gasteiger partial charge >= 0.3 is 5.97 Å². The number of carboxylic acid groups (broad SMARTS) is 1. The molecule has 0 spiro atoms. The minimum atomic E-state index is -3.61. The van der Waals surface area contributed by atoms with Gasteiger partial charge in [-0.15, -0.1) is 0 Å². The van der Waals surface area contributed by atoms with Crippen LogP contribution in [-0.4, -0.2) is 24.2 Å². The second-order valence-electron chi connectivity index (χ2n) is 4.75. The van der Waals surface area contributed by atoms with Crippen molar-refractivity contribution >= 4 is 16.0 Å². The molecule has 1 fully saturated rings. The van der Waals surface area contributed by atoms with Crippen LogP contribution in [0.1, 0.15) is 31.4 Å². The Kier molecular flexibility index (Phi) is 3.16. The molecule has 0 radical (unpaired) electrons. The molecule has 1 aromatic rings. The molecule has 0 aromatic heterocycles. The smallest absolute Gasteiger partial charge is 0.326 e. The third kappa shape index (κ3) is 2.39. The molecule has 1 saturated carbocycles. The highest BCUT2D eigenvalue weighted by atomic mass is 32.2. The molecule has 0 heterocycles. The minimum Gasteiger partial charge on any atom is -0.480 e. The molecule has 1 aromatic carbocycles. The van der Waals surface area contributed by atoms with Crippen LogP contribution in [0.25, 0.3) is 0 Å². The van der Waals surface area contributed by atoms with Crippen LogP contribution in [0, 0.1) is 0 Å². The first kappa shape index (κ1) is 13.0. The van der Waals surface area contributed by atoms with Gasteiger partial charge in [0.1, 0.15) is 6.04 Å². The Balaban J connectivity index is 2.26. The van der Waals surface area contributed by atoms with Crippen molar-refractivity contribution in [2.45, 2.75) is 30.6 Å². The highest BCUT2D eigenvalue weighted by Gasteiger charge is 2.51. The molecule has 18 heavy (non-hydrogen) atoms. The third-order valence-electron chi connectivity index (χ3n) is 3.26. The zero-order valence-corrected chi connectivity index (χ0v) is 10.8. The molecular weight excluding hydrogens is 254 g/mol. The Hall–Kier alpha value is -1.40. The molecule has 2 rings (SSSR count). The summed E-state index contributed by atoms with van der Waals surface area (Å²) in [7, 11) is -3.61. The van der Waals surface area contributed by atoms with Gasteiger partial charge in [0.25, 0.3) is 0 Å². The quantitative estimate of drug-likeness (QED) is 0.843. The molecule has 2 N–H and O–H groups in total. The maximum atomic E-state index is 12.0. The SMILES string of the molecule is CC1(S(=O)(=O)N[C@@H](C(=O)O)c2ccccc2)CC1. The van der Waals surface area contributed by atoms with Crippen LogP contribution >= 0.6 is 0 Å². The van der Waals surface area contributed by atoms with E-state index in [9.17, 15) is 13.2 Å². The maximum Gasteiger partial charge on any atom is 0.326 e. The predicted octanol–water partition coefficient (Wildman–Crippen LogP) is 1.28. The molecule has 1 aliphatic carbocycles. The fraction of sp³-hybridized carbons (Fsp3) is 0.417. The van der Waals surface area contributed by atoms with E-state index in [0.29, 0.717) is 18.4 Å². The molecule has 98 valence electrons. The summed E-state index contributed by atoms with van der Waals surface area (Å²) >= 11 is 0. The van der Waals surface area contributed by atoms with Crippen LogP contribution in [0.15, 0.2) is 30.3 Å². The van der Waals surface area contributed by atoms with E-state index in [1.807, 2.05) is 0 Å². The first-order valence-electron chi connectivity index (χ1n) is 5.65. The van der Waals surface area contributed by atoms with Gasteiger partial charge in [-0.3, -0.25) is 4.79 Å². The molecule has 0 bridgehead atoms. The van der Waals surface area contributed by atoms with E-state index in [1.54, 1.807) is 37.3 Å². The van der Waals surface area contributed by atoms with Crippen LogP contribution in [-0.2, 0) is 14.8 Å². The molecule has 0 amide bonds. The lowest BCUT2D eigenvalue weighted by Crippen LogP contribution is -2.39. The Morgan fingerprint density at radius 2 is 1.89 bits per heavy atom. The Labute approximate surface area is 106 Å². The van der Waals surface area contributed by atoms with Crippen molar-refractivity contribution in [3.8, 4) is 0 Å². The number of rotatable bonds is 5. The third-order valence-corrected chi connectivity index (χ3v) is 5.51. The maximum absolute atomic E-state index is 12.0. The molecular formula is C12H15NO4S. The van der Waals surface area contributed by atoms with Crippen LogP contribution in [0.4, 0.5) is 0 Å². The Morgan fingerprint density at radius 1 is 1.33 bits per heavy atom. The number of hydrogen-bond acceptors (Lipinski definition) is 3. The fourth-order valence-electron chi connectivity index (χ4n) is 1.65. The van der Waals surface area contributed by atoms with Gasteiger partial charge < -0.3 is 5.11 Å². The first-order valence-corrected chi connectivity index (χ1v) is 7.14. The summed E-state index contributed by atoms with van der Waals surface area (Å²) in [5.74, 6) is -1.20. The number of carboxylic acids is 1. The second-order valence-corrected chi connectivity index (χ2v) is 6.98. The average Bonchev–Trinajstić information content (AvgIpc) is 3.07. The van der Waals surface area contributed by atoms with Crippen LogP contribution in [0.3, 0.4) is 0 Å². The molecule has 5 nitrogen and oxygen atoms in total. The lowest BCUT2D eigenvalue weighted by atomic mass is 10.1. The number of hydrogen-bond donors (Lipinski definition) is 2. The number of nitrogens with one attached hydrogen (secondary N) is 1. The monoisotopic (exact) mass is 269 g/mol. The zero-order chi connectivity index (χ0) is 13.4. The molecule has 1 atom stereocenters. The molecule has 0 unspecified atom stereocenters. The summed E-state index contributed by atoms with van der Waals surface area (Å²) in [6, 6.07) is 7.07. The van der Waals surface area contributed by atoms with E-state index in [2.05, 4.69) is 4.72 Å². The summed E-state index contributed by atoms with van der Waals surface area (Å²) in [6.45, 7) is 1.62. The van der Waals surface area contributed by atoms with Gasteiger partial charge in [-0.05, 0) is 25.3 Å². The summed E-state index contributed by atoms with van der Waals surface area (Å²) in [5, 5.41) is 9.15. The zero-order valence-electron chi connectivity index (χ0n) is 9.96. The predicted molar refractivity (Wildman–Crippen MR) is 66.5 cm³/mol. The van der Waals surface area contributed by atoms with Crippen molar-refractivity contribution in [2.75, 3.05) is 0 Å². The van der Waals surface area contributed by atoms with Gasteiger partial charge in [-0.1, -0.05) is 30.3 Å². The molecule has 6 heteroatoms. The first-order chi connectivity index (χ1) is 8.36. The Morgan fingerprint density at radius 3 is 2.33 bits per heavy atom. The van der Waals surface area contributed by atoms with E-state index in [4.69, 9.17) is 5.11 Å². The fourth-order valence-corrected chi connectivity index (χ4v) is 3.12. The van der Waals surface area contributed by atoms with Gasteiger partial charge in [0, 0.05) is 0 Å². The normalized spacial score (nSPS) is 19.2.